The van der Waals surface area contributed by atoms with Crippen LogP contribution in [0.5, 0.6) is 11.5 Å². The summed E-state index contributed by atoms with van der Waals surface area (Å²) in [7, 11) is 0. The van der Waals surface area contributed by atoms with Gasteiger partial charge in [-0.2, -0.15) is 0 Å². The zero-order chi connectivity index (χ0) is 21.9. The van der Waals surface area contributed by atoms with E-state index in [1.807, 2.05) is 84.9 Å². The molecule has 0 aromatic heterocycles. The second-order valence-electron chi connectivity index (χ2n) is 6.00. The summed E-state index contributed by atoms with van der Waals surface area (Å²) in [4.78, 5) is 0. The van der Waals surface area contributed by atoms with Gasteiger partial charge in [-0.05, 0) is 56.9 Å². The fourth-order valence-electron chi connectivity index (χ4n) is 2.49. The lowest BCUT2D eigenvalue weighted by Crippen LogP contribution is -1.89. The summed E-state index contributed by atoms with van der Waals surface area (Å²) in [5.74, 6) is 0.309. The van der Waals surface area contributed by atoms with Crippen LogP contribution in [-0.4, -0.2) is 10.2 Å². The number of hydrogen-bond acceptors (Lipinski definition) is 2. The summed E-state index contributed by atoms with van der Waals surface area (Å²) in [5, 5.41) is 20.4. The fourth-order valence-corrected chi connectivity index (χ4v) is 2.49. The molecule has 2 rings (SSSR count). The number of aryl methyl sites for hydroxylation is 2. The molecule has 0 atom stereocenters. The minimum absolute atomic E-state index is 0.155. The van der Waals surface area contributed by atoms with Crippen molar-refractivity contribution < 1.29 is 10.2 Å². The van der Waals surface area contributed by atoms with Gasteiger partial charge in [-0.15, -0.1) is 0 Å². The first-order valence-electron chi connectivity index (χ1n) is 10.7. The van der Waals surface area contributed by atoms with Crippen LogP contribution in [0.25, 0.3) is 11.1 Å². The van der Waals surface area contributed by atoms with E-state index < -0.39 is 0 Å². The monoisotopic (exact) mass is 386 g/mol. The van der Waals surface area contributed by atoms with Crippen LogP contribution in [-0.2, 0) is 6.42 Å². The molecule has 0 fully saturated rings. The fraction of sp³-hybridized carbons (Fsp3) is 0.462. The lowest BCUT2D eigenvalue weighted by atomic mass is 9.98. The van der Waals surface area contributed by atoms with Gasteiger partial charge in [-0.1, -0.05) is 89.4 Å². The van der Waals surface area contributed by atoms with Gasteiger partial charge in [0.1, 0.15) is 11.5 Å². The molecule has 0 heterocycles. The largest absolute Gasteiger partial charge is 0.507 e. The Bertz CT molecular complexity index is 630. The Hall–Kier alpha value is -2.22. The van der Waals surface area contributed by atoms with Crippen molar-refractivity contribution in [3.8, 4) is 22.6 Å². The molecule has 0 saturated carbocycles. The Labute approximate surface area is 174 Å². The Morgan fingerprint density at radius 2 is 1.36 bits per heavy atom. The highest BCUT2D eigenvalue weighted by Crippen LogP contribution is 2.38. The van der Waals surface area contributed by atoms with Crippen molar-refractivity contribution in [2.24, 2.45) is 0 Å². The first-order chi connectivity index (χ1) is 13.5. The van der Waals surface area contributed by atoms with Crippen molar-refractivity contribution in [1.82, 2.24) is 0 Å². The van der Waals surface area contributed by atoms with Gasteiger partial charge >= 0.3 is 0 Å². The highest BCUT2D eigenvalue weighted by atomic mass is 16.3. The molecule has 0 aliphatic carbocycles. The summed E-state index contributed by atoms with van der Waals surface area (Å²) in [5.41, 5.74) is 3.46. The molecular formula is C26H42O2. The molecule has 0 saturated heterocycles. The van der Waals surface area contributed by atoms with Gasteiger partial charge in [-0.3, -0.25) is 0 Å². The van der Waals surface area contributed by atoms with Crippen LogP contribution in [0.1, 0.15) is 78.9 Å². The number of rotatable bonds is 5. The Kier molecular flexibility index (Phi) is 18.2. The summed E-state index contributed by atoms with van der Waals surface area (Å²) >= 11 is 0. The van der Waals surface area contributed by atoms with Crippen LogP contribution in [0.3, 0.4) is 0 Å². The average molecular weight is 387 g/mol. The van der Waals surface area contributed by atoms with Crippen molar-refractivity contribution in [1.29, 1.82) is 0 Å². The van der Waals surface area contributed by atoms with Crippen molar-refractivity contribution in [3.05, 3.63) is 59.7 Å². The number of hydrogen-bond donors (Lipinski definition) is 2. The Morgan fingerprint density at radius 3 is 1.79 bits per heavy atom. The number of benzene rings is 2. The Morgan fingerprint density at radius 1 is 0.821 bits per heavy atom. The third-order valence-corrected chi connectivity index (χ3v) is 3.87. The molecule has 2 nitrogen and oxygen atoms in total. The maximum atomic E-state index is 10.2. The number of phenolic OH excluding ortho intramolecular Hbond substituents is 2. The van der Waals surface area contributed by atoms with Gasteiger partial charge < -0.3 is 10.2 Å². The molecule has 2 aromatic carbocycles. The lowest BCUT2D eigenvalue weighted by molar-refractivity contribution is 0.452. The summed E-state index contributed by atoms with van der Waals surface area (Å²) in [6.45, 7) is 16.2. The van der Waals surface area contributed by atoms with Gasteiger partial charge in [0.2, 0.25) is 0 Å². The highest BCUT2D eigenvalue weighted by molar-refractivity contribution is 5.77. The highest BCUT2D eigenvalue weighted by Gasteiger charge is 2.12. The van der Waals surface area contributed by atoms with E-state index in [-0.39, 0.29) is 11.5 Å². The van der Waals surface area contributed by atoms with Crippen LogP contribution in [0.2, 0.25) is 0 Å². The van der Waals surface area contributed by atoms with E-state index in [9.17, 15) is 10.2 Å². The standard InChI is InChI=1S/C18H22O2.C4H8.2C2H6/c1-3-4-5-8-14-11-16(19)18(17(20)12-14)15-9-6-7-13(2)10-15;1-3-4-2;2*1-2/h6-7,9-12,19-20H,3-5,8H2,1-2H3;3-4H,1-2H3;2*1-2H3/b;4-3-;;. The first kappa shape index (κ1) is 28.0. The van der Waals surface area contributed by atoms with Gasteiger partial charge in [0.15, 0.2) is 0 Å². The molecular weight excluding hydrogens is 344 g/mol. The normalized spacial score (nSPS) is 9.43. The molecule has 28 heavy (non-hydrogen) atoms. The number of allylic oxidation sites excluding steroid dienone is 2. The van der Waals surface area contributed by atoms with Crippen molar-refractivity contribution in [2.45, 2.75) is 81.1 Å². The van der Waals surface area contributed by atoms with Crippen LogP contribution < -0.4 is 0 Å². The van der Waals surface area contributed by atoms with Gasteiger partial charge in [-0.25, -0.2) is 0 Å². The average Bonchev–Trinajstić information content (AvgIpc) is 2.71. The molecule has 0 aliphatic rings. The third-order valence-electron chi connectivity index (χ3n) is 3.87. The summed E-state index contributed by atoms with van der Waals surface area (Å²) in [6, 6.07) is 11.3. The molecule has 2 N–H and O–H groups in total. The molecule has 0 bridgehead atoms. The van der Waals surface area contributed by atoms with E-state index in [0.717, 1.165) is 29.5 Å². The van der Waals surface area contributed by atoms with E-state index in [4.69, 9.17) is 0 Å². The van der Waals surface area contributed by atoms with Crippen LogP contribution in [0.15, 0.2) is 48.6 Å². The molecule has 2 heteroatoms. The quantitative estimate of drug-likeness (QED) is 0.400. The van der Waals surface area contributed by atoms with E-state index in [0.29, 0.717) is 5.56 Å². The van der Waals surface area contributed by atoms with Gasteiger partial charge in [0.05, 0.1) is 5.56 Å². The van der Waals surface area contributed by atoms with Crippen molar-refractivity contribution >= 4 is 0 Å². The number of phenols is 2. The van der Waals surface area contributed by atoms with E-state index in [1.165, 1.54) is 12.8 Å². The predicted octanol–water partition coefficient (Wildman–Crippen LogP) is 8.44. The van der Waals surface area contributed by atoms with Crippen LogP contribution in [0.4, 0.5) is 0 Å². The summed E-state index contributed by atoms with van der Waals surface area (Å²) in [6.07, 6.45) is 8.31. The minimum Gasteiger partial charge on any atom is -0.507 e. The zero-order valence-corrected chi connectivity index (χ0v) is 19.3. The third kappa shape index (κ3) is 10.8. The maximum absolute atomic E-state index is 10.2. The topological polar surface area (TPSA) is 40.5 Å². The minimum atomic E-state index is 0.155. The second kappa shape index (κ2) is 18.2. The summed E-state index contributed by atoms with van der Waals surface area (Å²) < 4.78 is 0. The van der Waals surface area contributed by atoms with E-state index >= 15 is 0 Å². The SMILES string of the molecule is C/C=C\C.CC.CC.CCCCCc1cc(O)c(-c2cccc(C)c2)c(O)c1. The van der Waals surface area contributed by atoms with Crippen LogP contribution in [0, 0.1) is 6.92 Å². The van der Waals surface area contributed by atoms with Crippen LogP contribution >= 0.6 is 0 Å². The Balaban J connectivity index is 0. The predicted molar refractivity (Wildman–Crippen MR) is 126 cm³/mol. The van der Waals surface area contributed by atoms with E-state index in [1.54, 1.807) is 12.1 Å². The molecule has 0 spiro atoms. The molecule has 0 radical (unpaired) electrons. The van der Waals surface area contributed by atoms with Gasteiger partial charge in [0, 0.05) is 0 Å². The smallest absolute Gasteiger partial charge is 0.127 e. The molecule has 0 aliphatic heterocycles. The molecule has 158 valence electrons. The zero-order valence-electron chi connectivity index (χ0n) is 19.3. The molecule has 0 unspecified atom stereocenters. The maximum Gasteiger partial charge on any atom is 0.127 e. The van der Waals surface area contributed by atoms with Crippen molar-refractivity contribution in [2.75, 3.05) is 0 Å². The van der Waals surface area contributed by atoms with Crippen molar-refractivity contribution in [3.63, 3.8) is 0 Å². The number of aromatic hydroxyl groups is 2. The molecule has 0 amide bonds. The second-order valence-corrected chi connectivity index (χ2v) is 6.00. The molecule has 2 aromatic rings. The first-order valence-corrected chi connectivity index (χ1v) is 10.7. The van der Waals surface area contributed by atoms with E-state index in [2.05, 4.69) is 6.92 Å². The van der Waals surface area contributed by atoms with Gasteiger partial charge in [0.25, 0.3) is 0 Å². The lowest BCUT2D eigenvalue weighted by Gasteiger charge is -2.11. The number of unbranched alkanes of at least 4 members (excludes halogenated alkanes) is 2.